The maximum Gasteiger partial charge on any atom is 0.240 e. The summed E-state index contributed by atoms with van der Waals surface area (Å²) in [5, 5.41) is 0. The number of nitrogens with two attached hydrogens (primary N) is 1. The molecule has 19 heavy (non-hydrogen) atoms. The van der Waals surface area contributed by atoms with Crippen LogP contribution in [0.25, 0.3) is 0 Å². The lowest BCUT2D eigenvalue weighted by Gasteiger charge is -2.12. The number of anilines is 1. The summed E-state index contributed by atoms with van der Waals surface area (Å²) in [4.78, 5) is -0.115. The molecular formula is C13H19FN2O2S. The van der Waals surface area contributed by atoms with Gasteiger partial charge in [0, 0.05) is 12.2 Å². The van der Waals surface area contributed by atoms with Crippen LogP contribution in [0.5, 0.6) is 0 Å². The van der Waals surface area contributed by atoms with E-state index < -0.39 is 15.8 Å². The van der Waals surface area contributed by atoms with Crippen LogP contribution in [0.3, 0.4) is 0 Å². The van der Waals surface area contributed by atoms with E-state index in [4.69, 9.17) is 5.73 Å². The molecule has 1 aliphatic rings. The van der Waals surface area contributed by atoms with E-state index in [-0.39, 0.29) is 10.6 Å². The summed E-state index contributed by atoms with van der Waals surface area (Å²) >= 11 is 0. The van der Waals surface area contributed by atoms with Crippen LogP contribution in [-0.4, -0.2) is 15.0 Å². The number of rotatable bonds is 4. The zero-order chi connectivity index (χ0) is 14.0. The summed E-state index contributed by atoms with van der Waals surface area (Å²) in [6.07, 6.45) is 3.21. The second-order valence-corrected chi connectivity index (χ2v) is 7.12. The van der Waals surface area contributed by atoms with Crippen molar-refractivity contribution in [1.29, 1.82) is 0 Å². The van der Waals surface area contributed by atoms with Gasteiger partial charge in [0.05, 0.1) is 4.90 Å². The van der Waals surface area contributed by atoms with Crippen molar-refractivity contribution in [3.05, 3.63) is 24.0 Å². The van der Waals surface area contributed by atoms with Gasteiger partial charge in [0.15, 0.2) is 0 Å². The number of hydrogen-bond donors (Lipinski definition) is 2. The lowest BCUT2D eigenvalue weighted by atomic mass is 10.1. The summed E-state index contributed by atoms with van der Waals surface area (Å²) in [7, 11) is -3.68. The molecule has 1 aromatic carbocycles. The van der Waals surface area contributed by atoms with E-state index in [1.165, 1.54) is 6.07 Å². The van der Waals surface area contributed by atoms with Crippen LogP contribution < -0.4 is 10.5 Å². The maximum atomic E-state index is 13.2. The van der Waals surface area contributed by atoms with E-state index in [1.54, 1.807) is 0 Å². The highest BCUT2D eigenvalue weighted by Gasteiger charge is 2.23. The van der Waals surface area contributed by atoms with E-state index in [1.807, 2.05) is 0 Å². The molecule has 2 atom stereocenters. The SMILES string of the molecule is CC1CCC(CNS(=O)(=O)c2cc(N)cc(F)c2)C1. The first kappa shape index (κ1) is 14.3. The van der Waals surface area contributed by atoms with Crippen molar-refractivity contribution in [3.8, 4) is 0 Å². The summed E-state index contributed by atoms with van der Waals surface area (Å²) in [5.41, 5.74) is 5.57. The first-order chi connectivity index (χ1) is 8.87. The fourth-order valence-electron chi connectivity index (χ4n) is 2.56. The van der Waals surface area contributed by atoms with Gasteiger partial charge in [-0.15, -0.1) is 0 Å². The molecule has 0 radical (unpaired) electrons. The smallest absolute Gasteiger partial charge is 0.240 e. The molecule has 1 saturated carbocycles. The zero-order valence-corrected chi connectivity index (χ0v) is 11.7. The quantitative estimate of drug-likeness (QED) is 0.833. The minimum Gasteiger partial charge on any atom is -0.399 e. The van der Waals surface area contributed by atoms with Crippen LogP contribution in [0, 0.1) is 17.7 Å². The molecule has 0 heterocycles. The summed E-state index contributed by atoms with van der Waals surface area (Å²) < 4.78 is 39.8. The molecule has 0 aromatic heterocycles. The van der Waals surface area contributed by atoms with Crippen LogP contribution in [0.2, 0.25) is 0 Å². The third-order valence-electron chi connectivity index (χ3n) is 3.57. The Bertz CT molecular complexity index is 540. The normalized spacial score (nSPS) is 23.7. The predicted molar refractivity (Wildman–Crippen MR) is 72.5 cm³/mol. The van der Waals surface area contributed by atoms with Gasteiger partial charge < -0.3 is 5.73 Å². The lowest BCUT2D eigenvalue weighted by molar-refractivity contribution is 0.498. The first-order valence-corrected chi connectivity index (χ1v) is 7.91. The number of hydrogen-bond acceptors (Lipinski definition) is 3. The molecule has 1 fully saturated rings. The summed E-state index contributed by atoms with van der Waals surface area (Å²) in [6, 6.07) is 3.34. The van der Waals surface area contributed by atoms with Crippen LogP contribution in [0.1, 0.15) is 26.2 Å². The number of sulfonamides is 1. The maximum absolute atomic E-state index is 13.2. The van der Waals surface area contributed by atoms with Gasteiger partial charge in [0.1, 0.15) is 5.82 Å². The molecule has 0 amide bonds. The highest BCUT2D eigenvalue weighted by atomic mass is 32.2. The van der Waals surface area contributed by atoms with Gasteiger partial charge in [-0.2, -0.15) is 0 Å². The molecule has 2 rings (SSSR count). The van der Waals surface area contributed by atoms with Crippen LogP contribution in [0.4, 0.5) is 10.1 Å². The molecule has 106 valence electrons. The molecule has 2 unspecified atom stereocenters. The van der Waals surface area contributed by atoms with Crippen molar-refractivity contribution in [2.75, 3.05) is 12.3 Å². The van der Waals surface area contributed by atoms with Crippen molar-refractivity contribution in [2.24, 2.45) is 11.8 Å². The second kappa shape index (κ2) is 5.46. The fourth-order valence-corrected chi connectivity index (χ4v) is 3.74. The molecule has 4 nitrogen and oxygen atoms in total. The van der Waals surface area contributed by atoms with Gasteiger partial charge in [-0.05, 0) is 42.9 Å². The van der Waals surface area contributed by atoms with Crippen molar-refractivity contribution < 1.29 is 12.8 Å². The fraction of sp³-hybridized carbons (Fsp3) is 0.538. The van der Waals surface area contributed by atoms with Crippen molar-refractivity contribution in [1.82, 2.24) is 4.72 Å². The van der Waals surface area contributed by atoms with Gasteiger partial charge in [0.25, 0.3) is 0 Å². The Balaban J connectivity index is 2.05. The van der Waals surface area contributed by atoms with Gasteiger partial charge in [-0.1, -0.05) is 13.3 Å². The highest BCUT2D eigenvalue weighted by molar-refractivity contribution is 7.89. The number of nitrogens with one attached hydrogen (secondary N) is 1. The number of benzene rings is 1. The Morgan fingerprint density at radius 2 is 2.11 bits per heavy atom. The minimum atomic E-state index is -3.68. The molecule has 1 aromatic rings. The van der Waals surface area contributed by atoms with Crippen LogP contribution in [0.15, 0.2) is 23.1 Å². The molecule has 3 N–H and O–H groups in total. The van der Waals surface area contributed by atoms with E-state index in [0.29, 0.717) is 18.4 Å². The minimum absolute atomic E-state index is 0.106. The summed E-state index contributed by atoms with van der Waals surface area (Å²) in [6.45, 7) is 2.57. The Morgan fingerprint density at radius 1 is 1.37 bits per heavy atom. The van der Waals surface area contributed by atoms with E-state index in [9.17, 15) is 12.8 Å². The Morgan fingerprint density at radius 3 is 2.68 bits per heavy atom. The van der Waals surface area contributed by atoms with Crippen LogP contribution >= 0.6 is 0 Å². The van der Waals surface area contributed by atoms with Gasteiger partial charge in [-0.3, -0.25) is 0 Å². The zero-order valence-electron chi connectivity index (χ0n) is 10.9. The molecular weight excluding hydrogens is 267 g/mol. The lowest BCUT2D eigenvalue weighted by Crippen LogP contribution is -2.28. The third kappa shape index (κ3) is 3.67. The summed E-state index contributed by atoms with van der Waals surface area (Å²) in [5.74, 6) is 0.380. The van der Waals surface area contributed by atoms with E-state index >= 15 is 0 Å². The molecule has 6 heteroatoms. The van der Waals surface area contributed by atoms with Gasteiger partial charge in [-0.25, -0.2) is 17.5 Å². The average Bonchev–Trinajstić information content (AvgIpc) is 2.71. The van der Waals surface area contributed by atoms with Gasteiger partial charge >= 0.3 is 0 Å². The average molecular weight is 286 g/mol. The monoisotopic (exact) mass is 286 g/mol. The Hall–Kier alpha value is -1.14. The van der Waals surface area contributed by atoms with Crippen LogP contribution in [-0.2, 0) is 10.0 Å². The molecule has 0 bridgehead atoms. The number of halogens is 1. The van der Waals surface area contributed by atoms with Crippen molar-refractivity contribution in [2.45, 2.75) is 31.1 Å². The standard InChI is InChI=1S/C13H19FN2O2S/c1-9-2-3-10(4-9)8-16-19(17,18)13-6-11(14)5-12(15)7-13/h5-7,9-10,16H,2-4,8,15H2,1H3. The van der Waals surface area contributed by atoms with E-state index in [2.05, 4.69) is 11.6 Å². The van der Waals surface area contributed by atoms with Crippen molar-refractivity contribution in [3.63, 3.8) is 0 Å². The largest absolute Gasteiger partial charge is 0.399 e. The number of nitrogen functional groups attached to an aromatic ring is 1. The molecule has 1 aliphatic carbocycles. The molecule has 0 saturated heterocycles. The third-order valence-corrected chi connectivity index (χ3v) is 4.97. The Kier molecular flexibility index (Phi) is 4.10. The first-order valence-electron chi connectivity index (χ1n) is 6.42. The topological polar surface area (TPSA) is 72.2 Å². The second-order valence-electron chi connectivity index (χ2n) is 5.36. The highest BCUT2D eigenvalue weighted by Crippen LogP contribution is 2.30. The van der Waals surface area contributed by atoms with Gasteiger partial charge in [0.2, 0.25) is 10.0 Å². The predicted octanol–water partition coefficient (Wildman–Crippen LogP) is 2.12. The molecule has 0 aliphatic heterocycles. The Labute approximate surface area is 113 Å². The molecule has 0 spiro atoms. The van der Waals surface area contributed by atoms with Crippen molar-refractivity contribution >= 4 is 15.7 Å². The van der Waals surface area contributed by atoms with E-state index in [0.717, 1.165) is 31.4 Å².